The van der Waals surface area contributed by atoms with Crippen LogP contribution in [0.5, 0.6) is 0 Å². The normalized spacial score (nSPS) is 16.5. The van der Waals surface area contributed by atoms with Crippen LogP contribution in [0, 0.1) is 6.92 Å². The smallest absolute Gasteiger partial charge is 0.225 e. The molecule has 2 aromatic rings. The summed E-state index contributed by atoms with van der Waals surface area (Å²) in [6.07, 6.45) is 5.59. The average molecular weight is 331 g/mol. The van der Waals surface area contributed by atoms with Crippen molar-refractivity contribution in [1.82, 2.24) is 14.9 Å². The highest BCUT2D eigenvalue weighted by Gasteiger charge is 2.23. The molecular formula is C18H23ClN4. The largest absolute Gasteiger partial charge is 0.341 e. The summed E-state index contributed by atoms with van der Waals surface area (Å²) in [6, 6.07) is 9.33. The average Bonchev–Trinajstić information content (AvgIpc) is 2.58. The molecule has 1 aromatic heterocycles. The third-order valence-corrected chi connectivity index (χ3v) is 4.75. The molecule has 0 unspecified atom stereocenters. The third-order valence-electron chi connectivity index (χ3n) is 4.55. The van der Waals surface area contributed by atoms with E-state index in [1.165, 1.54) is 11.1 Å². The maximum absolute atomic E-state index is 5.86. The molecule has 1 aliphatic rings. The van der Waals surface area contributed by atoms with E-state index in [1.807, 2.05) is 0 Å². The highest BCUT2D eigenvalue weighted by molar-refractivity contribution is 6.30. The van der Waals surface area contributed by atoms with Gasteiger partial charge in [-0.1, -0.05) is 41.4 Å². The first-order valence-electron chi connectivity index (χ1n) is 8.10. The van der Waals surface area contributed by atoms with Gasteiger partial charge in [0.25, 0.3) is 0 Å². The lowest BCUT2D eigenvalue weighted by molar-refractivity contribution is 0.203. The SMILES string of the molecule is Cc1ccc(CN2CCC(N(C)c3ncc(Cl)cn3)CC2)cc1. The quantitative estimate of drug-likeness (QED) is 0.858. The van der Waals surface area contributed by atoms with Gasteiger partial charge < -0.3 is 4.90 Å². The number of hydrogen-bond acceptors (Lipinski definition) is 4. The third kappa shape index (κ3) is 4.21. The van der Waals surface area contributed by atoms with Crippen molar-refractivity contribution in [2.45, 2.75) is 32.4 Å². The molecule has 1 saturated heterocycles. The Balaban J connectivity index is 1.53. The van der Waals surface area contributed by atoms with E-state index in [4.69, 9.17) is 11.6 Å². The van der Waals surface area contributed by atoms with E-state index >= 15 is 0 Å². The highest BCUT2D eigenvalue weighted by atomic mass is 35.5. The molecule has 2 heterocycles. The lowest BCUT2D eigenvalue weighted by atomic mass is 10.0. The Bertz CT molecular complexity index is 618. The van der Waals surface area contributed by atoms with Crippen molar-refractivity contribution >= 4 is 17.5 Å². The van der Waals surface area contributed by atoms with Gasteiger partial charge in [0.1, 0.15) is 0 Å². The fraction of sp³-hybridized carbons (Fsp3) is 0.444. The lowest BCUT2D eigenvalue weighted by Gasteiger charge is -2.36. The van der Waals surface area contributed by atoms with Gasteiger partial charge in [-0.25, -0.2) is 9.97 Å². The summed E-state index contributed by atoms with van der Waals surface area (Å²) in [5.41, 5.74) is 2.71. The second-order valence-electron chi connectivity index (χ2n) is 6.31. The van der Waals surface area contributed by atoms with Crippen molar-refractivity contribution < 1.29 is 0 Å². The zero-order valence-corrected chi connectivity index (χ0v) is 14.5. The van der Waals surface area contributed by atoms with Crippen LogP contribution in [0.1, 0.15) is 24.0 Å². The van der Waals surface area contributed by atoms with Crippen molar-refractivity contribution in [3.05, 3.63) is 52.8 Å². The molecule has 0 spiro atoms. The zero-order valence-electron chi connectivity index (χ0n) is 13.7. The highest BCUT2D eigenvalue weighted by Crippen LogP contribution is 2.21. The van der Waals surface area contributed by atoms with Gasteiger partial charge in [0.15, 0.2) is 0 Å². The van der Waals surface area contributed by atoms with Gasteiger partial charge in [0, 0.05) is 32.7 Å². The molecule has 0 atom stereocenters. The molecule has 0 amide bonds. The Morgan fingerprint density at radius 1 is 1.13 bits per heavy atom. The number of aryl methyl sites for hydroxylation is 1. The van der Waals surface area contributed by atoms with Gasteiger partial charge >= 0.3 is 0 Å². The van der Waals surface area contributed by atoms with Crippen LogP contribution in [-0.2, 0) is 6.54 Å². The minimum absolute atomic E-state index is 0.491. The van der Waals surface area contributed by atoms with Crippen LogP contribution in [0.4, 0.5) is 5.95 Å². The van der Waals surface area contributed by atoms with Crippen molar-refractivity contribution in [2.24, 2.45) is 0 Å². The Morgan fingerprint density at radius 2 is 1.74 bits per heavy atom. The summed E-state index contributed by atoms with van der Waals surface area (Å²) in [4.78, 5) is 13.3. The number of piperidine rings is 1. The molecule has 122 valence electrons. The first-order valence-corrected chi connectivity index (χ1v) is 8.48. The van der Waals surface area contributed by atoms with Crippen LogP contribution >= 0.6 is 11.6 Å². The van der Waals surface area contributed by atoms with Crippen molar-refractivity contribution in [1.29, 1.82) is 0 Å². The Kier molecular flexibility index (Phi) is 5.13. The number of hydrogen-bond donors (Lipinski definition) is 0. The molecule has 1 fully saturated rings. The van der Waals surface area contributed by atoms with Gasteiger partial charge in [-0.2, -0.15) is 0 Å². The number of aromatic nitrogens is 2. The van der Waals surface area contributed by atoms with E-state index in [1.54, 1.807) is 12.4 Å². The molecular weight excluding hydrogens is 308 g/mol. The fourth-order valence-electron chi connectivity index (χ4n) is 3.07. The predicted molar refractivity (Wildman–Crippen MR) is 94.9 cm³/mol. The summed E-state index contributed by atoms with van der Waals surface area (Å²) in [6.45, 7) is 5.38. The number of rotatable bonds is 4. The van der Waals surface area contributed by atoms with Gasteiger partial charge in [0.2, 0.25) is 5.95 Å². The van der Waals surface area contributed by atoms with Gasteiger partial charge in [0.05, 0.1) is 17.4 Å². The molecule has 0 radical (unpaired) electrons. The molecule has 4 nitrogen and oxygen atoms in total. The molecule has 1 aromatic carbocycles. The fourth-order valence-corrected chi connectivity index (χ4v) is 3.16. The number of benzene rings is 1. The van der Waals surface area contributed by atoms with E-state index < -0.39 is 0 Å². The molecule has 0 aliphatic carbocycles. The first kappa shape index (κ1) is 16.2. The van der Waals surface area contributed by atoms with Gasteiger partial charge in [-0.05, 0) is 25.3 Å². The summed E-state index contributed by atoms with van der Waals surface area (Å²) >= 11 is 5.86. The van der Waals surface area contributed by atoms with E-state index in [9.17, 15) is 0 Å². The maximum atomic E-state index is 5.86. The first-order chi connectivity index (χ1) is 11.1. The van der Waals surface area contributed by atoms with Crippen molar-refractivity contribution in [2.75, 3.05) is 25.0 Å². The second-order valence-corrected chi connectivity index (χ2v) is 6.74. The van der Waals surface area contributed by atoms with Crippen LogP contribution < -0.4 is 4.90 Å². The van der Waals surface area contributed by atoms with Crippen LogP contribution in [0.25, 0.3) is 0 Å². The van der Waals surface area contributed by atoms with E-state index in [2.05, 4.69) is 58.0 Å². The molecule has 23 heavy (non-hydrogen) atoms. The predicted octanol–water partition coefficient (Wildman–Crippen LogP) is 3.54. The Labute approximate surface area is 143 Å². The number of nitrogens with zero attached hydrogens (tertiary/aromatic N) is 4. The Hall–Kier alpha value is -1.65. The molecule has 1 aliphatic heterocycles. The van der Waals surface area contributed by atoms with Crippen molar-refractivity contribution in [3.8, 4) is 0 Å². The zero-order chi connectivity index (χ0) is 16.2. The van der Waals surface area contributed by atoms with Crippen molar-refractivity contribution in [3.63, 3.8) is 0 Å². The standard InChI is InChI=1S/C18H23ClN4/c1-14-3-5-15(6-4-14)13-23-9-7-17(8-10-23)22(2)18-20-11-16(19)12-21-18/h3-6,11-12,17H,7-10,13H2,1-2H3. The number of likely N-dealkylation sites (tertiary alicyclic amines) is 1. The number of halogens is 1. The Morgan fingerprint density at radius 3 is 2.35 bits per heavy atom. The molecule has 5 heteroatoms. The molecule has 0 bridgehead atoms. The van der Waals surface area contributed by atoms with E-state index in [0.29, 0.717) is 11.1 Å². The molecule has 0 saturated carbocycles. The van der Waals surface area contributed by atoms with Gasteiger partial charge in [-0.15, -0.1) is 0 Å². The summed E-state index contributed by atoms with van der Waals surface area (Å²) < 4.78 is 0. The maximum Gasteiger partial charge on any atom is 0.225 e. The van der Waals surface area contributed by atoms with Crippen LogP contribution in [-0.4, -0.2) is 41.0 Å². The molecule has 3 rings (SSSR count). The van der Waals surface area contributed by atoms with E-state index in [0.717, 1.165) is 38.4 Å². The minimum Gasteiger partial charge on any atom is -0.341 e. The minimum atomic E-state index is 0.491. The summed E-state index contributed by atoms with van der Waals surface area (Å²) in [5.74, 6) is 0.756. The molecule has 0 N–H and O–H groups in total. The second kappa shape index (κ2) is 7.28. The van der Waals surface area contributed by atoms with E-state index in [-0.39, 0.29) is 0 Å². The summed E-state index contributed by atoms with van der Waals surface area (Å²) in [5, 5.41) is 0.579. The van der Waals surface area contributed by atoms with Crippen LogP contribution in [0.2, 0.25) is 5.02 Å². The van der Waals surface area contributed by atoms with Crippen LogP contribution in [0.15, 0.2) is 36.7 Å². The topological polar surface area (TPSA) is 32.3 Å². The summed E-state index contributed by atoms with van der Waals surface area (Å²) in [7, 11) is 2.07. The lowest BCUT2D eigenvalue weighted by Crippen LogP contribution is -2.43. The van der Waals surface area contributed by atoms with Crippen LogP contribution in [0.3, 0.4) is 0 Å². The number of anilines is 1. The van der Waals surface area contributed by atoms with Gasteiger partial charge in [-0.3, -0.25) is 4.90 Å². The monoisotopic (exact) mass is 330 g/mol.